The molecular formula is C27H30F2N2O. The minimum Gasteiger partial charge on any atom is -0.493 e. The van der Waals surface area contributed by atoms with Gasteiger partial charge in [-0.3, -0.25) is 4.99 Å². The third-order valence-corrected chi connectivity index (χ3v) is 6.07. The maximum absolute atomic E-state index is 13.6. The normalized spacial score (nSPS) is 22.9. The Hall–Kier alpha value is -2.95. The number of nitrogens with zero attached hydrogens (tertiary/aromatic N) is 1. The second kappa shape index (κ2) is 8.89. The predicted molar refractivity (Wildman–Crippen MR) is 125 cm³/mol. The van der Waals surface area contributed by atoms with Crippen LogP contribution < -0.4 is 10.1 Å². The molecule has 168 valence electrons. The quantitative estimate of drug-likeness (QED) is 0.587. The van der Waals surface area contributed by atoms with E-state index in [0.29, 0.717) is 13.0 Å². The van der Waals surface area contributed by atoms with Crippen LogP contribution in [0.25, 0.3) is 0 Å². The third kappa shape index (κ3) is 4.62. The van der Waals surface area contributed by atoms with E-state index in [1.165, 1.54) is 23.8 Å². The van der Waals surface area contributed by atoms with Crippen LogP contribution in [0.3, 0.4) is 0 Å². The summed E-state index contributed by atoms with van der Waals surface area (Å²) in [5.41, 5.74) is 3.03. The molecule has 32 heavy (non-hydrogen) atoms. The fraction of sp³-hybridized carbons (Fsp3) is 0.370. The summed E-state index contributed by atoms with van der Waals surface area (Å²) >= 11 is 0. The summed E-state index contributed by atoms with van der Waals surface area (Å²) in [4.78, 5) is 5.05. The van der Waals surface area contributed by atoms with Crippen LogP contribution in [0.4, 0.5) is 8.78 Å². The molecule has 0 amide bonds. The number of benzene rings is 2. The van der Waals surface area contributed by atoms with Gasteiger partial charge in [0.2, 0.25) is 0 Å². The second-order valence-electron chi connectivity index (χ2n) is 9.38. The number of hydrogen-bond acceptors (Lipinski definition) is 3. The van der Waals surface area contributed by atoms with Gasteiger partial charge in [0, 0.05) is 5.92 Å². The molecule has 0 saturated heterocycles. The number of rotatable bonds is 5. The number of nitrogens with one attached hydrogen (secondary N) is 1. The van der Waals surface area contributed by atoms with Gasteiger partial charge in [0.05, 0.1) is 24.3 Å². The van der Waals surface area contributed by atoms with Crippen molar-refractivity contribution in [3.63, 3.8) is 0 Å². The molecule has 0 saturated carbocycles. The van der Waals surface area contributed by atoms with Gasteiger partial charge in [0.15, 0.2) is 0 Å². The second-order valence-corrected chi connectivity index (χ2v) is 9.38. The molecular weight excluding hydrogens is 406 g/mol. The van der Waals surface area contributed by atoms with Crippen LogP contribution in [0.2, 0.25) is 0 Å². The van der Waals surface area contributed by atoms with Crippen LogP contribution in [0.15, 0.2) is 71.5 Å². The van der Waals surface area contributed by atoms with Gasteiger partial charge in [-0.2, -0.15) is 0 Å². The van der Waals surface area contributed by atoms with Gasteiger partial charge in [-0.15, -0.1) is 0 Å². The molecule has 3 atom stereocenters. The summed E-state index contributed by atoms with van der Waals surface area (Å²) in [6, 6.07) is 12.5. The molecule has 1 aliphatic heterocycles. The van der Waals surface area contributed by atoms with Gasteiger partial charge in [-0.25, -0.2) is 8.78 Å². The average Bonchev–Trinajstić information content (AvgIpc) is 3.19. The van der Waals surface area contributed by atoms with Gasteiger partial charge in [0.25, 0.3) is 0 Å². The third-order valence-electron chi connectivity index (χ3n) is 6.07. The van der Waals surface area contributed by atoms with Gasteiger partial charge in [-0.05, 0) is 66.3 Å². The van der Waals surface area contributed by atoms with E-state index in [0.717, 1.165) is 22.7 Å². The average molecular weight is 437 g/mol. The van der Waals surface area contributed by atoms with Crippen molar-refractivity contribution in [2.24, 2.45) is 10.9 Å². The molecule has 4 rings (SSSR count). The maximum atomic E-state index is 13.6. The zero-order valence-electron chi connectivity index (χ0n) is 19.0. The van der Waals surface area contributed by atoms with Gasteiger partial charge in [0.1, 0.15) is 23.2 Å². The molecule has 1 unspecified atom stereocenters. The Morgan fingerprint density at radius 2 is 1.84 bits per heavy atom. The van der Waals surface area contributed by atoms with Crippen molar-refractivity contribution in [2.45, 2.75) is 51.6 Å². The first-order chi connectivity index (χ1) is 15.3. The topological polar surface area (TPSA) is 33.6 Å². The Bertz CT molecular complexity index is 1060. The minimum absolute atomic E-state index is 0.00220. The zero-order valence-corrected chi connectivity index (χ0v) is 19.0. The summed E-state index contributed by atoms with van der Waals surface area (Å²) in [5, 5.41) is 3.56. The summed E-state index contributed by atoms with van der Waals surface area (Å²) in [7, 11) is 0. The molecule has 2 aromatic rings. The molecule has 0 aromatic heterocycles. The Kier molecular flexibility index (Phi) is 6.18. The van der Waals surface area contributed by atoms with E-state index in [1.54, 1.807) is 18.2 Å². The summed E-state index contributed by atoms with van der Waals surface area (Å²) in [6.07, 6.45) is 5.57. The van der Waals surface area contributed by atoms with E-state index in [9.17, 15) is 8.78 Å². The fourth-order valence-corrected chi connectivity index (χ4v) is 4.26. The van der Waals surface area contributed by atoms with E-state index in [4.69, 9.17) is 9.73 Å². The highest BCUT2D eigenvalue weighted by atomic mass is 19.1. The number of amidine groups is 1. The lowest BCUT2D eigenvalue weighted by Crippen LogP contribution is -2.31. The molecule has 0 bridgehead atoms. The van der Waals surface area contributed by atoms with Crippen LogP contribution in [0.1, 0.15) is 56.8 Å². The Morgan fingerprint density at radius 3 is 2.47 bits per heavy atom. The maximum Gasteiger partial charge on any atom is 0.132 e. The first-order valence-electron chi connectivity index (χ1n) is 11.2. The number of halogens is 2. The smallest absolute Gasteiger partial charge is 0.132 e. The molecule has 0 fully saturated rings. The van der Waals surface area contributed by atoms with E-state index in [2.05, 4.69) is 44.3 Å². The highest BCUT2D eigenvalue weighted by Gasteiger charge is 2.36. The van der Waals surface area contributed by atoms with Crippen molar-refractivity contribution in [1.82, 2.24) is 5.32 Å². The van der Waals surface area contributed by atoms with Crippen molar-refractivity contribution < 1.29 is 13.5 Å². The first-order valence-corrected chi connectivity index (χ1v) is 11.2. The lowest BCUT2D eigenvalue weighted by molar-refractivity contribution is 0.338. The number of aliphatic imine (C=N–C) groups is 1. The molecule has 2 aliphatic rings. The number of hydrogen-bond donors (Lipinski definition) is 1. The van der Waals surface area contributed by atoms with Gasteiger partial charge < -0.3 is 10.1 Å². The first kappa shape index (κ1) is 22.3. The van der Waals surface area contributed by atoms with Crippen LogP contribution in [0.5, 0.6) is 5.75 Å². The van der Waals surface area contributed by atoms with Crippen LogP contribution in [-0.2, 0) is 5.41 Å². The fourth-order valence-electron chi connectivity index (χ4n) is 4.26. The molecule has 1 heterocycles. The highest BCUT2D eigenvalue weighted by Crippen LogP contribution is 2.37. The predicted octanol–water partition coefficient (Wildman–Crippen LogP) is 6.41. The van der Waals surface area contributed by atoms with E-state index < -0.39 is 0 Å². The largest absolute Gasteiger partial charge is 0.493 e. The van der Waals surface area contributed by atoms with Crippen molar-refractivity contribution in [3.8, 4) is 5.75 Å². The molecule has 2 aromatic carbocycles. The molecule has 3 nitrogen and oxygen atoms in total. The van der Waals surface area contributed by atoms with Crippen LogP contribution in [0, 0.1) is 11.7 Å². The molecule has 5 heteroatoms. The standard InChI is InChI=1S/C27H30F2N2O/c1-5-32-23-16-19(27(2,3)4)10-15-22(23)26-30-24(17-6-11-20(28)12-7-17)25(31-26)18-8-13-21(29)14-9-18/h6-8,10-16,18,24-25H,5,9H2,1-4H3,(H,30,31)/t18?,24-,25+/m1/s1. The number of ether oxygens (including phenoxy) is 1. The molecule has 0 radical (unpaired) electrons. The summed E-state index contributed by atoms with van der Waals surface area (Å²) < 4.78 is 33.1. The number of allylic oxidation sites excluding steroid dienone is 3. The van der Waals surface area contributed by atoms with Gasteiger partial charge in [-0.1, -0.05) is 45.0 Å². The Labute approximate surface area is 188 Å². The zero-order chi connectivity index (χ0) is 22.9. The SMILES string of the molecule is CCOc1cc(C(C)(C)C)ccc1C1=N[C@@H](C2C=CC(F)=CC2)[C@@H](c2ccc(F)cc2)N1. The Balaban J connectivity index is 1.73. The van der Waals surface area contributed by atoms with Crippen molar-refractivity contribution in [3.05, 3.63) is 89.0 Å². The summed E-state index contributed by atoms with van der Waals surface area (Å²) in [6.45, 7) is 9.03. The van der Waals surface area contributed by atoms with E-state index in [1.807, 2.05) is 13.0 Å². The van der Waals surface area contributed by atoms with Crippen molar-refractivity contribution in [2.75, 3.05) is 6.61 Å². The monoisotopic (exact) mass is 436 g/mol. The van der Waals surface area contributed by atoms with Crippen LogP contribution >= 0.6 is 0 Å². The molecule has 1 N–H and O–H groups in total. The summed E-state index contributed by atoms with van der Waals surface area (Å²) in [5.74, 6) is 1.08. The highest BCUT2D eigenvalue weighted by molar-refractivity contribution is 6.02. The lowest BCUT2D eigenvalue weighted by atomic mass is 9.86. The van der Waals surface area contributed by atoms with Gasteiger partial charge >= 0.3 is 0 Å². The molecule has 1 aliphatic carbocycles. The minimum atomic E-state index is -0.275. The van der Waals surface area contributed by atoms with Crippen molar-refractivity contribution in [1.29, 1.82) is 0 Å². The lowest BCUT2D eigenvalue weighted by Gasteiger charge is -2.25. The van der Waals surface area contributed by atoms with Crippen molar-refractivity contribution >= 4 is 5.84 Å². The molecule has 0 spiro atoms. The van der Waals surface area contributed by atoms with E-state index in [-0.39, 0.29) is 35.1 Å². The van der Waals surface area contributed by atoms with E-state index >= 15 is 0 Å². The Morgan fingerprint density at radius 1 is 1.09 bits per heavy atom. The van der Waals surface area contributed by atoms with Crippen LogP contribution in [-0.4, -0.2) is 18.5 Å².